The molecule has 3 aliphatic rings. The summed E-state index contributed by atoms with van der Waals surface area (Å²) >= 11 is 0. The molecule has 4 atom stereocenters. The molecule has 0 aromatic rings. The molecule has 0 aromatic carbocycles. The van der Waals surface area contributed by atoms with Crippen molar-refractivity contribution in [3.63, 3.8) is 0 Å². The van der Waals surface area contributed by atoms with E-state index in [0.29, 0.717) is 30.0 Å². The van der Waals surface area contributed by atoms with Crippen LogP contribution in [0.25, 0.3) is 0 Å². The number of hydrogen-bond donors (Lipinski definition) is 2. The molecule has 172 valence electrons. The average molecular weight is 444 g/mol. The lowest BCUT2D eigenvalue weighted by molar-refractivity contribution is -0.223. The van der Waals surface area contributed by atoms with Gasteiger partial charge in [-0.2, -0.15) is 5.06 Å². The smallest absolute Gasteiger partial charge is 0.407 e. The van der Waals surface area contributed by atoms with E-state index in [-0.39, 0.29) is 25.8 Å². The van der Waals surface area contributed by atoms with Gasteiger partial charge < -0.3 is 19.6 Å². The van der Waals surface area contributed by atoms with Crippen LogP contribution < -0.4 is 5.48 Å². The summed E-state index contributed by atoms with van der Waals surface area (Å²) in [4.78, 5) is 60.4. The molecule has 12 nitrogen and oxygen atoms in total. The molecule has 0 saturated carbocycles. The minimum absolute atomic E-state index is 0.0254. The number of carboxylic acid groups (broad SMARTS) is 1. The van der Waals surface area contributed by atoms with Crippen LogP contribution in [0.3, 0.4) is 0 Å². The Labute approximate surface area is 177 Å². The largest absolute Gasteiger partial charge is 0.465 e. The maximum Gasteiger partial charge on any atom is 0.407 e. The second-order valence-corrected chi connectivity index (χ2v) is 7.36. The summed E-state index contributed by atoms with van der Waals surface area (Å²) in [5.74, 6) is -1.89. The number of alkyl halides is 1. The van der Waals surface area contributed by atoms with Crippen LogP contribution in [0.5, 0.6) is 0 Å². The molecule has 0 radical (unpaired) electrons. The van der Waals surface area contributed by atoms with Crippen molar-refractivity contribution in [2.75, 3.05) is 26.3 Å². The van der Waals surface area contributed by atoms with Crippen LogP contribution in [0.15, 0.2) is 11.6 Å². The summed E-state index contributed by atoms with van der Waals surface area (Å²) in [6.07, 6.45) is -0.621. The zero-order valence-corrected chi connectivity index (χ0v) is 17.2. The van der Waals surface area contributed by atoms with Crippen LogP contribution in [0.4, 0.5) is 14.0 Å². The molecule has 31 heavy (non-hydrogen) atoms. The minimum Gasteiger partial charge on any atom is -0.465 e. The van der Waals surface area contributed by atoms with E-state index in [2.05, 4.69) is 10.2 Å². The number of amides is 4. The van der Waals surface area contributed by atoms with E-state index in [0.717, 1.165) is 0 Å². The zero-order valence-electron chi connectivity index (χ0n) is 17.2. The van der Waals surface area contributed by atoms with Crippen LogP contribution in [0.1, 0.15) is 26.7 Å². The van der Waals surface area contributed by atoms with Crippen LogP contribution in [-0.2, 0) is 24.0 Å². The number of likely N-dealkylation sites (tertiary alicyclic amines) is 1. The number of halogens is 1. The first-order chi connectivity index (χ1) is 14.7. The molecule has 3 aliphatic heterocycles. The molecule has 3 heterocycles. The predicted molar refractivity (Wildman–Crippen MR) is 99.7 cm³/mol. The van der Waals surface area contributed by atoms with Gasteiger partial charge in [-0.15, -0.1) is 0 Å². The number of carbonyl (C=O) groups is 4. The third-order valence-electron chi connectivity index (χ3n) is 5.32. The van der Waals surface area contributed by atoms with Gasteiger partial charge in [-0.25, -0.2) is 29.1 Å². The summed E-state index contributed by atoms with van der Waals surface area (Å²) < 4.78 is 18.5. The number of nitrogens with zero attached hydrogens (tertiary/aromatic N) is 3. The topological polar surface area (TPSA) is 138 Å². The van der Waals surface area contributed by atoms with E-state index in [1.807, 2.05) is 0 Å². The third-order valence-corrected chi connectivity index (χ3v) is 5.32. The van der Waals surface area contributed by atoms with Crippen LogP contribution in [-0.4, -0.2) is 94.8 Å². The van der Waals surface area contributed by atoms with E-state index in [1.165, 1.54) is 16.7 Å². The second kappa shape index (κ2) is 9.47. The van der Waals surface area contributed by atoms with Crippen molar-refractivity contribution in [2.24, 2.45) is 0 Å². The standard InChI is InChI=1S/C18H25FN4O8/c1-3-29-16(25)14(19)31-23-12-7-10(2)13(22(8-12)17(23)26)15(24)20-30-9-11-5-4-6-21(11)18(27)28/h7,11-14H,3-6,8-9H2,1-2H3,(H,20,24)(H,27,28)/t11-,12+,13-,14?/m0/s1. The number of hydroxylamine groups is 3. The fourth-order valence-corrected chi connectivity index (χ4v) is 3.95. The summed E-state index contributed by atoms with van der Waals surface area (Å²) in [7, 11) is 0. The van der Waals surface area contributed by atoms with Crippen molar-refractivity contribution >= 4 is 24.0 Å². The number of urea groups is 1. The maximum absolute atomic E-state index is 13.9. The molecule has 1 unspecified atom stereocenters. The Morgan fingerprint density at radius 2 is 2.13 bits per heavy atom. The molecular formula is C18H25FN4O8. The van der Waals surface area contributed by atoms with Crippen molar-refractivity contribution in [3.05, 3.63) is 11.6 Å². The third kappa shape index (κ3) is 4.71. The van der Waals surface area contributed by atoms with Crippen molar-refractivity contribution in [2.45, 2.75) is 51.2 Å². The number of fused-ring (bicyclic) bond motifs is 2. The quantitative estimate of drug-likeness (QED) is 0.312. The van der Waals surface area contributed by atoms with Gasteiger partial charge in [0.25, 0.3) is 5.91 Å². The first kappa shape index (κ1) is 22.7. The first-order valence-electron chi connectivity index (χ1n) is 9.91. The summed E-state index contributed by atoms with van der Waals surface area (Å²) in [6.45, 7) is 3.53. The fraction of sp³-hybridized carbons (Fsp3) is 0.667. The number of nitrogens with one attached hydrogen (secondary N) is 1. The first-order valence-corrected chi connectivity index (χ1v) is 9.91. The van der Waals surface area contributed by atoms with Gasteiger partial charge >= 0.3 is 24.5 Å². The molecule has 0 aromatic heterocycles. The number of carbonyl (C=O) groups excluding carboxylic acids is 3. The van der Waals surface area contributed by atoms with Gasteiger partial charge in [0.05, 0.1) is 31.8 Å². The lowest BCUT2D eigenvalue weighted by Gasteiger charge is -2.29. The van der Waals surface area contributed by atoms with Crippen molar-refractivity contribution < 1.29 is 43.1 Å². The van der Waals surface area contributed by atoms with Gasteiger partial charge in [-0.3, -0.25) is 9.63 Å². The monoisotopic (exact) mass is 444 g/mol. The molecule has 0 spiro atoms. The highest BCUT2D eigenvalue weighted by Gasteiger charge is 2.49. The fourth-order valence-electron chi connectivity index (χ4n) is 3.95. The van der Waals surface area contributed by atoms with Gasteiger partial charge in [0, 0.05) is 6.54 Å². The van der Waals surface area contributed by atoms with E-state index >= 15 is 0 Å². The Kier molecular flexibility index (Phi) is 6.95. The molecule has 2 bridgehead atoms. The molecule has 2 fully saturated rings. The molecule has 2 saturated heterocycles. The van der Waals surface area contributed by atoms with Crippen molar-refractivity contribution in [3.8, 4) is 0 Å². The maximum atomic E-state index is 13.9. The molecule has 0 aliphatic carbocycles. The summed E-state index contributed by atoms with van der Waals surface area (Å²) in [5.41, 5.74) is 2.77. The molecule has 3 rings (SSSR count). The Bertz CT molecular complexity index is 778. The van der Waals surface area contributed by atoms with E-state index in [4.69, 9.17) is 14.8 Å². The number of esters is 1. The van der Waals surface area contributed by atoms with Gasteiger partial charge in [0.15, 0.2) is 0 Å². The Morgan fingerprint density at radius 3 is 2.81 bits per heavy atom. The van der Waals surface area contributed by atoms with Crippen molar-refractivity contribution in [1.82, 2.24) is 20.3 Å². The highest BCUT2D eigenvalue weighted by molar-refractivity contribution is 5.91. The predicted octanol–water partition coefficient (Wildman–Crippen LogP) is 0.402. The van der Waals surface area contributed by atoms with Crippen molar-refractivity contribution in [1.29, 1.82) is 0 Å². The van der Waals surface area contributed by atoms with E-state index < -0.39 is 42.4 Å². The lowest BCUT2D eigenvalue weighted by Crippen LogP contribution is -2.50. The van der Waals surface area contributed by atoms with E-state index in [9.17, 15) is 23.6 Å². The molecule has 13 heteroatoms. The Hall–Kier alpha value is -2.93. The summed E-state index contributed by atoms with van der Waals surface area (Å²) in [6, 6.07) is -2.84. The van der Waals surface area contributed by atoms with E-state index in [1.54, 1.807) is 13.0 Å². The minimum atomic E-state index is -2.47. The van der Waals surface area contributed by atoms with Crippen LogP contribution >= 0.6 is 0 Å². The average Bonchev–Trinajstić information content (AvgIpc) is 3.27. The van der Waals surface area contributed by atoms with Crippen LogP contribution in [0, 0.1) is 0 Å². The molecular weight excluding hydrogens is 419 g/mol. The van der Waals surface area contributed by atoms with Gasteiger partial charge in [-0.05, 0) is 32.3 Å². The molecule has 4 amide bonds. The zero-order chi connectivity index (χ0) is 22.7. The highest BCUT2D eigenvalue weighted by atomic mass is 19.1. The molecule has 2 N–H and O–H groups in total. The van der Waals surface area contributed by atoms with Crippen LogP contribution in [0.2, 0.25) is 0 Å². The SMILES string of the molecule is CCOC(=O)C(F)ON1C(=O)N2C[C@H]1C=C(C)[C@H]2C(=O)NOC[C@@H]1CCCN1C(=O)O. The lowest BCUT2D eigenvalue weighted by atomic mass is 10.0. The Balaban J connectivity index is 1.57. The number of ether oxygens (including phenoxy) is 1. The number of rotatable bonds is 8. The van der Waals surface area contributed by atoms with Gasteiger partial charge in [0.2, 0.25) is 0 Å². The number of hydrogen-bond acceptors (Lipinski definition) is 7. The highest BCUT2D eigenvalue weighted by Crippen LogP contribution is 2.30. The van der Waals surface area contributed by atoms with Gasteiger partial charge in [0.1, 0.15) is 6.04 Å². The normalized spacial score (nSPS) is 26.0. The Morgan fingerprint density at radius 1 is 1.39 bits per heavy atom. The van der Waals surface area contributed by atoms with Gasteiger partial charge in [-0.1, -0.05) is 6.08 Å². The second-order valence-electron chi connectivity index (χ2n) is 7.36. The summed E-state index contributed by atoms with van der Waals surface area (Å²) in [5, 5.41) is 9.85.